The van der Waals surface area contributed by atoms with E-state index < -0.39 is 22.1 Å². The summed E-state index contributed by atoms with van der Waals surface area (Å²) in [5.41, 5.74) is 0.353. The Morgan fingerprint density at radius 1 is 1.21 bits per heavy atom. The predicted molar refractivity (Wildman–Crippen MR) is 97.9 cm³/mol. The molecule has 1 aromatic rings. The number of hydrogen-bond acceptors (Lipinski definition) is 4. The molecular formula is C18H25F3N2O4S. The summed E-state index contributed by atoms with van der Waals surface area (Å²) in [7, 11) is -3.66. The minimum atomic E-state index is -4.79. The Kier molecular flexibility index (Phi) is 7.33. The average molecular weight is 422 g/mol. The third kappa shape index (κ3) is 7.67. The molecule has 0 bridgehead atoms. The molecule has 1 heterocycles. The maximum Gasteiger partial charge on any atom is 0.573 e. The maximum atomic E-state index is 12.3. The SMILES string of the molecule is CC(C)CC(=O)N1CCC(NS(=O)(=O)Cc2ccc(OC(F)(F)F)cc2)CC1. The quantitative estimate of drug-likeness (QED) is 0.733. The van der Waals surface area contributed by atoms with E-state index in [9.17, 15) is 26.4 Å². The van der Waals surface area contributed by atoms with Gasteiger partial charge in [0.1, 0.15) is 5.75 Å². The molecule has 1 saturated heterocycles. The molecule has 1 aliphatic heterocycles. The van der Waals surface area contributed by atoms with Crippen LogP contribution in [0, 0.1) is 5.92 Å². The molecule has 1 aliphatic rings. The van der Waals surface area contributed by atoms with Gasteiger partial charge in [-0.2, -0.15) is 0 Å². The molecule has 2 rings (SSSR count). The summed E-state index contributed by atoms with van der Waals surface area (Å²) >= 11 is 0. The normalized spacial score (nSPS) is 16.4. The van der Waals surface area contributed by atoms with Crippen molar-refractivity contribution in [1.82, 2.24) is 9.62 Å². The average Bonchev–Trinajstić information content (AvgIpc) is 2.54. The standard InChI is InChI=1S/C18H25F3N2O4S/c1-13(2)11-17(24)23-9-7-15(8-10-23)22-28(25,26)12-14-3-5-16(6-4-14)27-18(19,20)21/h3-6,13,15,22H,7-12H2,1-2H3. The lowest BCUT2D eigenvalue weighted by Crippen LogP contribution is -2.46. The molecule has 0 saturated carbocycles. The molecule has 0 radical (unpaired) electrons. The maximum absolute atomic E-state index is 12.3. The van der Waals surface area contributed by atoms with Crippen molar-refractivity contribution in [2.24, 2.45) is 5.92 Å². The minimum absolute atomic E-state index is 0.0810. The molecule has 1 amide bonds. The lowest BCUT2D eigenvalue weighted by atomic mass is 10.0. The van der Waals surface area contributed by atoms with Crippen LogP contribution in [0.1, 0.15) is 38.7 Å². The molecular weight excluding hydrogens is 397 g/mol. The van der Waals surface area contributed by atoms with Crippen LogP contribution in [-0.2, 0) is 20.6 Å². The first-order valence-electron chi connectivity index (χ1n) is 9.06. The first kappa shape index (κ1) is 22.5. The van der Waals surface area contributed by atoms with Gasteiger partial charge in [-0.3, -0.25) is 4.79 Å². The number of ether oxygens (including phenoxy) is 1. The van der Waals surface area contributed by atoms with Crippen LogP contribution in [0.5, 0.6) is 5.75 Å². The first-order valence-corrected chi connectivity index (χ1v) is 10.7. The fourth-order valence-corrected chi connectivity index (χ4v) is 4.49. The number of alkyl halides is 3. The van der Waals surface area contributed by atoms with Crippen LogP contribution in [0.15, 0.2) is 24.3 Å². The second kappa shape index (κ2) is 9.13. The molecule has 0 unspecified atom stereocenters. The lowest BCUT2D eigenvalue weighted by molar-refractivity contribution is -0.274. The van der Waals surface area contributed by atoms with Gasteiger partial charge in [-0.15, -0.1) is 13.2 Å². The third-order valence-electron chi connectivity index (χ3n) is 4.29. The molecule has 1 aromatic carbocycles. The van der Waals surface area contributed by atoms with Gasteiger partial charge in [0.15, 0.2) is 0 Å². The van der Waals surface area contributed by atoms with E-state index in [2.05, 4.69) is 9.46 Å². The van der Waals surface area contributed by atoms with E-state index in [-0.39, 0.29) is 23.6 Å². The van der Waals surface area contributed by atoms with E-state index in [1.807, 2.05) is 13.8 Å². The summed E-state index contributed by atoms with van der Waals surface area (Å²) < 4.78 is 67.5. The van der Waals surface area contributed by atoms with Crippen molar-refractivity contribution in [2.75, 3.05) is 13.1 Å². The molecule has 1 fully saturated rings. The number of carbonyl (C=O) groups is 1. The zero-order chi connectivity index (χ0) is 20.9. The van der Waals surface area contributed by atoms with E-state index in [0.29, 0.717) is 37.9 Å². The number of nitrogens with zero attached hydrogens (tertiary/aromatic N) is 1. The number of sulfonamides is 1. The minimum Gasteiger partial charge on any atom is -0.406 e. The number of likely N-dealkylation sites (tertiary alicyclic amines) is 1. The van der Waals surface area contributed by atoms with E-state index in [1.165, 1.54) is 12.1 Å². The smallest absolute Gasteiger partial charge is 0.406 e. The molecule has 1 N–H and O–H groups in total. The summed E-state index contributed by atoms with van der Waals surface area (Å²) in [4.78, 5) is 13.8. The topological polar surface area (TPSA) is 75.7 Å². The lowest BCUT2D eigenvalue weighted by Gasteiger charge is -2.32. The van der Waals surface area contributed by atoms with Gasteiger partial charge in [0.25, 0.3) is 0 Å². The molecule has 0 atom stereocenters. The van der Waals surface area contributed by atoms with Crippen molar-refractivity contribution in [2.45, 2.75) is 51.3 Å². The summed E-state index contributed by atoms with van der Waals surface area (Å²) in [6.07, 6.45) is -3.26. The first-order chi connectivity index (χ1) is 12.9. The number of hydrogen-bond donors (Lipinski definition) is 1. The van der Waals surface area contributed by atoms with Crippen LogP contribution in [0.4, 0.5) is 13.2 Å². The zero-order valence-electron chi connectivity index (χ0n) is 15.8. The molecule has 10 heteroatoms. The number of benzene rings is 1. The molecule has 28 heavy (non-hydrogen) atoms. The van der Waals surface area contributed by atoms with Gasteiger partial charge < -0.3 is 9.64 Å². The van der Waals surface area contributed by atoms with Gasteiger partial charge >= 0.3 is 6.36 Å². The Morgan fingerprint density at radius 2 is 1.79 bits per heavy atom. The van der Waals surface area contributed by atoms with Gasteiger partial charge in [0.05, 0.1) is 5.75 Å². The Morgan fingerprint density at radius 3 is 2.29 bits per heavy atom. The molecule has 158 valence electrons. The van der Waals surface area contributed by atoms with Gasteiger partial charge in [-0.1, -0.05) is 26.0 Å². The van der Waals surface area contributed by atoms with Crippen molar-refractivity contribution in [3.8, 4) is 5.75 Å². The van der Waals surface area contributed by atoms with Crippen molar-refractivity contribution in [3.05, 3.63) is 29.8 Å². The predicted octanol–water partition coefficient (Wildman–Crippen LogP) is 3.04. The molecule has 0 spiro atoms. The van der Waals surface area contributed by atoms with Gasteiger partial charge in [-0.25, -0.2) is 13.1 Å². The Hall–Kier alpha value is -1.81. The zero-order valence-corrected chi connectivity index (χ0v) is 16.6. The highest BCUT2D eigenvalue weighted by molar-refractivity contribution is 7.88. The van der Waals surface area contributed by atoms with Crippen LogP contribution in [0.3, 0.4) is 0 Å². The monoisotopic (exact) mass is 422 g/mol. The number of halogens is 3. The highest BCUT2D eigenvalue weighted by Gasteiger charge is 2.31. The summed E-state index contributed by atoms with van der Waals surface area (Å²) in [6.45, 7) is 4.95. The number of carbonyl (C=O) groups excluding carboxylic acids is 1. The van der Waals surface area contributed by atoms with Crippen molar-refractivity contribution >= 4 is 15.9 Å². The van der Waals surface area contributed by atoms with Crippen molar-refractivity contribution in [1.29, 1.82) is 0 Å². The molecule has 0 aromatic heterocycles. The Balaban J connectivity index is 1.85. The Labute approximate surface area is 163 Å². The van der Waals surface area contributed by atoms with Crippen LogP contribution < -0.4 is 9.46 Å². The van der Waals surface area contributed by atoms with Crippen LogP contribution >= 0.6 is 0 Å². The van der Waals surface area contributed by atoms with Gasteiger partial charge in [-0.05, 0) is 36.5 Å². The van der Waals surface area contributed by atoms with Crippen molar-refractivity contribution in [3.63, 3.8) is 0 Å². The van der Waals surface area contributed by atoms with E-state index >= 15 is 0 Å². The summed E-state index contributed by atoms with van der Waals surface area (Å²) in [5, 5.41) is 0. The number of nitrogens with one attached hydrogen (secondary N) is 1. The third-order valence-corrected chi connectivity index (χ3v) is 5.70. The highest BCUT2D eigenvalue weighted by atomic mass is 32.2. The van der Waals surface area contributed by atoms with Crippen LogP contribution in [0.2, 0.25) is 0 Å². The Bertz CT molecular complexity index is 756. The number of piperidine rings is 1. The fraction of sp³-hybridized carbons (Fsp3) is 0.611. The summed E-state index contributed by atoms with van der Waals surface area (Å²) in [6, 6.07) is 4.47. The highest BCUT2D eigenvalue weighted by Crippen LogP contribution is 2.23. The number of amides is 1. The number of rotatable bonds is 7. The molecule has 0 aliphatic carbocycles. The van der Waals surface area contributed by atoms with E-state index in [4.69, 9.17) is 0 Å². The van der Waals surface area contributed by atoms with Crippen molar-refractivity contribution < 1.29 is 31.1 Å². The largest absolute Gasteiger partial charge is 0.573 e. The van der Waals surface area contributed by atoms with Crippen LogP contribution in [0.25, 0.3) is 0 Å². The van der Waals surface area contributed by atoms with Gasteiger partial charge in [0, 0.05) is 25.6 Å². The fourth-order valence-electron chi connectivity index (χ4n) is 3.03. The molecule has 6 nitrogen and oxygen atoms in total. The van der Waals surface area contributed by atoms with Crippen LogP contribution in [-0.4, -0.2) is 44.7 Å². The summed E-state index contributed by atoms with van der Waals surface area (Å²) in [5.74, 6) is -0.389. The second-order valence-electron chi connectivity index (χ2n) is 7.32. The second-order valence-corrected chi connectivity index (χ2v) is 9.08. The van der Waals surface area contributed by atoms with E-state index in [0.717, 1.165) is 12.1 Å². The van der Waals surface area contributed by atoms with Gasteiger partial charge in [0.2, 0.25) is 15.9 Å². The van der Waals surface area contributed by atoms with E-state index in [1.54, 1.807) is 4.90 Å².